The van der Waals surface area contributed by atoms with Gasteiger partial charge in [-0.25, -0.2) is 0 Å². The van der Waals surface area contributed by atoms with Gasteiger partial charge in [0.15, 0.2) is 0 Å². The first-order valence-electron chi connectivity index (χ1n) is 4.46. The zero-order valence-corrected chi connectivity index (χ0v) is 8.43. The van der Waals surface area contributed by atoms with Gasteiger partial charge in [-0.3, -0.25) is 4.79 Å². The van der Waals surface area contributed by atoms with Crippen molar-refractivity contribution in [1.82, 2.24) is 0 Å². The van der Waals surface area contributed by atoms with E-state index in [9.17, 15) is 18.0 Å². The van der Waals surface area contributed by atoms with Crippen LogP contribution in [0.4, 0.5) is 13.2 Å². The summed E-state index contributed by atoms with van der Waals surface area (Å²) in [7, 11) is 0. The molecule has 0 aliphatic rings. The number of Topliss-reactive ketones (excluding diaryl/α,β-unsaturated/α-hetero) is 1. The topological polar surface area (TPSA) is 17.1 Å². The Morgan fingerprint density at radius 3 is 2.20 bits per heavy atom. The molecule has 0 N–H and O–H groups in total. The first-order chi connectivity index (χ1) is 6.84. The van der Waals surface area contributed by atoms with Crippen molar-refractivity contribution in [2.75, 3.05) is 0 Å². The highest BCUT2D eigenvalue weighted by Crippen LogP contribution is 2.36. The molecular weight excluding hydrogens is 205 g/mol. The maximum Gasteiger partial charge on any atom is 0.402 e. The lowest BCUT2D eigenvalue weighted by Gasteiger charge is -2.19. The number of carbonyl (C=O) groups excluding carboxylic acids is 1. The highest BCUT2D eigenvalue weighted by atomic mass is 19.4. The highest BCUT2D eigenvalue weighted by Gasteiger charge is 2.44. The number of carbonyl (C=O) groups is 1. The SMILES string of the molecule is CC(=O)C(c1ccccc1C)C(F)(F)F. The third-order valence-electron chi connectivity index (χ3n) is 2.23. The average Bonchev–Trinajstić information content (AvgIpc) is 2.05. The molecule has 0 radical (unpaired) electrons. The van der Waals surface area contributed by atoms with E-state index in [1.165, 1.54) is 12.1 Å². The van der Waals surface area contributed by atoms with Crippen LogP contribution < -0.4 is 0 Å². The number of benzene rings is 1. The number of hydrogen-bond donors (Lipinski definition) is 0. The second-order valence-electron chi connectivity index (χ2n) is 3.44. The van der Waals surface area contributed by atoms with Crippen LogP contribution in [0.2, 0.25) is 0 Å². The molecule has 1 atom stereocenters. The van der Waals surface area contributed by atoms with Gasteiger partial charge in [-0.15, -0.1) is 0 Å². The Labute approximate surface area is 85.9 Å². The predicted molar refractivity (Wildman–Crippen MR) is 50.7 cm³/mol. The second-order valence-corrected chi connectivity index (χ2v) is 3.44. The minimum Gasteiger partial charge on any atom is -0.299 e. The third kappa shape index (κ3) is 2.58. The number of halogens is 3. The average molecular weight is 216 g/mol. The van der Waals surface area contributed by atoms with Crippen LogP contribution in [0, 0.1) is 6.92 Å². The summed E-state index contributed by atoms with van der Waals surface area (Å²) in [5.41, 5.74) is 0.521. The molecule has 1 rings (SSSR count). The zero-order chi connectivity index (χ0) is 11.6. The molecule has 1 aromatic rings. The van der Waals surface area contributed by atoms with Gasteiger partial charge in [-0.1, -0.05) is 24.3 Å². The lowest BCUT2D eigenvalue weighted by atomic mass is 9.91. The Hall–Kier alpha value is -1.32. The molecule has 0 aliphatic carbocycles. The van der Waals surface area contributed by atoms with Crippen molar-refractivity contribution in [3.05, 3.63) is 35.4 Å². The highest BCUT2D eigenvalue weighted by molar-refractivity contribution is 5.84. The summed E-state index contributed by atoms with van der Waals surface area (Å²) in [5, 5.41) is 0. The first-order valence-corrected chi connectivity index (χ1v) is 4.46. The maximum absolute atomic E-state index is 12.6. The fourth-order valence-corrected chi connectivity index (χ4v) is 1.54. The number of ketones is 1. The van der Waals surface area contributed by atoms with Gasteiger partial charge in [0.05, 0.1) is 0 Å². The van der Waals surface area contributed by atoms with Crippen molar-refractivity contribution in [2.45, 2.75) is 25.9 Å². The fourth-order valence-electron chi connectivity index (χ4n) is 1.54. The molecule has 1 nitrogen and oxygen atoms in total. The van der Waals surface area contributed by atoms with E-state index in [0.717, 1.165) is 6.92 Å². The first kappa shape index (κ1) is 11.8. The molecule has 0 saturated heterocycles. The van der Waals surface area contributed by atoms with Gasteiger partial charge in [-0.05, 0) is 25.0 Å². The van der Waals surface area contributed by atoms with Crippen LogP contribution in [-0.4, -0.2) is 12.0 Å². The summed E-state index contributed by atoms with van der Waals surface area (Å²) >= 11 is 0. The Balaban J connectivity index is 3.23. The van der Waals surface area contributed by atoms with Crippen LogP contribution in [0.1, 0.15) is 24.0 Å². The van der Waals surface area contributed by atoms with E-state index >= 15 is 0 Å². The van der Waals surface area contributed by atoms with Crippen molar-refractivity contribution in [3.8, 4) is 0 Å². The summed E-state index contributed by atoms with van der Waals surface area (Å²) in [6.45, 7) is 2.53. The van der Waals surface area contributed by atoms with E-state index in [4.69, 9.17) is 0 Å². The van der Waals surface area contributed by atoms with E-state index in [1.54, 1.807) is 19.1 Å². The monoisotopic (exact) mass is 216 g/mol. The van der Waals surface area contributed by atoms with E-state index < -0.39 is 17.9 Å². The normalized spacial score (nSPS) is 13.7. The zero-order valence-electron chi connectivity index (χ0n) is 8.43. The fraction of sp³-hybridized carbons (Fsp3) is 0.364. The van der Waals surface area contributed by atoms with Gasteiger partial charge in [0, 0.05) is 0 Å². The largest absolute Gasteiger partial charge is 0.402 e. The van der Waals surface area contributed by atoms with Gasteiger partial charge in [-0.2, -0.15) is 13.2 Å². The molecule has 1 unspecified atom stereocenters. The molecule has 0 heterocycles. The summed E-state index contributed by atoms with van der Waals surface area (Å²) in [6, 6.07) is 6.06. The Morgan fingerprint density at radius 2 is 1.80 bits per heavy atom. The Bertz CT molecular complexity index is 368. The van der Waals surface area contributed by atoms with Crippen molar-refractivity contribution in [3.63, 3.8) is 0 Å². The summed E-state index contributed by atoms with van der Waals surface area (Å²) in [6.07, 6.45) is -4.52. The number of rotatable bonds is 2. The molecule has 0 bridgehead atoms. The molecule has 0 aromatic heterocycles. The smallest absolute Gasteiger partial charge is 0.299 e. The minimum absolute atomic E-state index is 0.0394. The lowest BCUT2D eigenvalue weighted by molar-refractivity contribution is -0.162. The van der Waals surface area contributed by atoms with Gasteiger partial charge in [0.1, 0.15) is 11.7 Å². The van der Waals surface area contributed by atoms with E-state index in [0.29, 0.717) is 5.56 Å². The Morgan fingerprint density at radius 1 is 1.27 bits per heavy atom. The molecule has 0 amide bonds. The van der Waals surface area contributed by atoms with Gasteiger partial charge >= 0.3 is 6.18 Å². The van der Waals surface area contributed by atoms with Crippen molar-refractivity contribution in [1.29, 1.82) is 0 Å². The van der Waals surface area contributed by atoms with Gasteiger partial charge in [0.2, 0.25) is 0 Å². The molecule has 1 aromatic carbocycles. The van der Waals surface area contributed by atoms with Crippen LogP contribution in [0.3, 0.4) is 0 Å². The number of aryl methyl sites for hydroxylation is 1. The molecule has 0 saturated carbocycles. The van der Waals surface area contributed by atoms with Crippen molar-refractivity contribution < 1.29 is 18.0 Å². The quantitative estimate of drug-likeness (QED) is 0.741. The van der Waals surface area contributed by atoms with Crippen LogP contribution >= 0.6 is 0 Å². The van der Waals surface area contributed by atoms with Gasteiger partial charge in [0.25, 0.3) is 0 Å². The second kappa shape index (κ2) is 4.04. The molecule has 4 heteroatoms. The molecule has 0 spiro atoms. The molecule has 15 heavy (non-hydrogen) atoms. The van der Waals surface area contributed by atoms with E-state index in [1.807, 2.05) is 0 Å². The lowest BCUT2D eigenvalue weighted by Crippen LogP contribution is -2.27. The van der Waals surface area contributed by atoms with Crippen LogP contribution in [0.15, 0.2) is 24.3 Å². The van der Waals surface area contributed by atoms with E-state index in [-0.39, 0.29) is 5.56 Å². The summed E-state index contributed by atoms with van der Waals surface area (Å²) in [4.78, 5) is 11.0. The molecule has 0 fully saturated rings. The summed E-state index contributed by atoms with van der Waals surface area (Å²) in [5.74, 6) is -2.88. The molecular formula is C11H11F3O. The number of alkyl halides is 3. The molecule has 82 valence electrons. The molecule has 0 aliphatic heterocycles. The van der Waals surface area contributed by atoms with E-state index in [2.05, 4.69) is 0 Å². The predicted octanol–water partition coefficient (Wildman–Crippen LogP) is 3.23. The number of hydrogen-bond acceptors (Lipinski definition) is 1. The van der Waals surface area contributed by atoms with Crippen molar-refractivity contribution in [2.24, 2.45) is 0 Å². The van der Waals surface area contributed by atoms with Crippen molar-refractivity contribution >= 4 is 5.78 Å². The van der Waals surface area contributed by atoms with Crippen LogP contribution in [0.5, 0.6) is 0 Å². The summed E-state index contributed by atoms with van der Waals surface area (Å²) < 4.78 is 37.8. The minimum atomic E-state index is -4.52. The third-order valence-corrected chi connectivity index (χ3v) is 2.23. The van der Waals surface area contributed by atoms with Gasteiger partial charge < -0.3 is 0 Å². The maximum atomic E-state index is 12.6. The standard InChI is InChI=1S/C11H11F3O/c1-7-5-3-4-6-9(7)10(8(2)15)11(12,13)14/h3-6,10H,1-2H3. The van der Waals surface area contributed by atoms with Crippen LogP contribution in [-0.2, 0) is 4.79 Å². The van der Waals surface area contributed by atoms with Crippen LogP contribution in [0.25, 0.3) is 0 Å². The Kier molecular flexibility index (Phi) is 3.17.